The smallest absolute Gasteiger partial charge is 0.209 e. The molecule has 0 aromatic carbocycles. The van der Waals surface area contributed by atoms with Gasteiger partial charge in [0.2, 0.25) is 5.13 Å². The van der Waals surface area contributed by atoms with Crippen LogP contribution in [0.25, 0.3) is 0 Å². The number of morpholine rings is 1. The first kappa shape index (κ1) is 10.9. The van der Waals surface area contributed by atoms with Gasteiger partial charge in [-0.05, 0) is 15.9 Å². The number of piperazine rings is 1. The van der Waals surface area contributed by atoms with Crippen molar-refractivity contribution in [1.29, 1.82) is 0 Å². The highest BCUT2D eigenvalue weighted by atomic mass is 79.9. The maximum absolute atomic E-state index is 5.52. The molecule has 1 aromatic heterocycles. The molecule has 2 saturated heterocycles. The average molecular weight is 305 g/mol. The molecule has 3 rings (SSSR count). The van der Waals surface area contributed by atoms with E-state index in [2.05, 4.69) is 35.9 Å². The Balaban J connectivity index is 1.70. The second kappa shape index (κ2) is 4.56. The molecule has 0 spiro atoms. The minimum absolute atomic E-state index is 0.519. The normalized spacial score (nSPS) is 26.8. The molecule has 0 N–H and O–H groups in total. The van der Waals surface area contributed by atoms with E-state index in [1.54, 1.807) is 11.3 Å². The molecule has 7 heteroatoms. The summed E-state index contributed by atoms with van der Waals surface area (Å²) in [5, 5.41) is 9.17. The lowest BCUT2D eigenvalue weighted by Crippen LogP contribution is -2.58. The van der Waals surface area contributed by atoms with Crippen molar-refractivity contribution >= 4 is 32.4 Å². The molecular formula is C9H13BrN4OS. The Labute approximate surface area is 107 Å². The number of fused-ring (bicyclic) bond motifs is 1. The Morgan fingerprint density at radius 1 is 1.31 bits per heavy atom. The van der Waals surface area contributed by atoms with Crippen molar-refractivity contribution in [2.24, 2.45) is 0 Å². The molecule has 0 saturated carbocycles. The fourth-order valence-electron chi connectivity index (χ4n) is 2.25. The average Bonchev–Trinajstić information content (AvgIpc) is 2.75. The zero-order valence-corrected chi connectivity index (χ0v) is 11.2. The van der Waals surface area contributed by atoms with Gasteiger partial charge in [-0.15, -0.1) is 10.2 Å². The number of aromatic nitrogens is 2. The van der Waals surface area contributed by atoms with Gasteiger partial charge in [-0.25, -0.2) is 0 Å². The van der Waals surface area contributed by atoms with Gasteiger partial charge in [0.1, 0.15) is 0 Å². The maximum atomic E-state index is 5.52. The second-order valence-corrected chi connectivity index (χ2v) is 6.28. The summed E-state index contributed by atoms with van der Waals surface area (Å²) < 4.78 is 6.37. The van der Waals surface area contributed by atoms with Crippen LogP contribution in [0.15, 0.2) is 3.92 Å². The fraction of sp³-hybridized carbons (Fsp3) is 0.778. The van der Waals surface area contributed by atoms with Crippen molar-refractivity contribution in [1.82, 2.24) is 15.1 Å². The van der Waals surface area contributed by atoms with Gasteiger partial charge in [0, 0.05) is 26.2 Å². The molecule has 2 aliphatic rings. The Bertz CT molecular complexity index is 374. The number of ether oxygens (including phenoxy) is 1. The van der Waals surface area contributed by atoms with Gasteiger partial charge in [-0.1, -0.05) is 11.3 Å². The highest BCUT2D eigenvalue weighted by Gasteiger charge is 2.30. The van der Waals surface area contributed by atoms with Crippen molar-refractivity contribution in [3.63, 3.8) is 0 Å². The van der Waals surface area contributed by atoms with Gasteiger partial charge in [0.25, 0.3) is 0 Å². The van der Waals surface area contributed by atoms with Crippen molar-refractivity contribution in [2.75, 3.05) is 44.3 Å². The molecule has 1 atom stereocenters. The van der Waals surface area contributed by atoms with Crippen LogP contribution in [-0.4, -0.2) is 60.5 Å². The summed E-state index contributed by atoms with van der Waals surface area (Å²) in [6.45, 7) is 5.93. The highest BCUT2D eigenvalue weighted by molar-refractivity contribution is 9.11. The third-order valence-electron chi connectivity index (χ3n) is 3.10. The first-order chi connectivity index (χ1) is 7.83. The summed E-state index contributed by atoms with van der Waals surface area (Å²) in [5.41, 5.74) is 0. The Morgan fingerprint density at radius 2 is 2.25 bits per heavy atom. The molecular weight excluding hydrogens is 292 g/mol. The summed E-state index contributed by atoms with van der Waals surface area (Å²) in [5.74, 6) is 0. The van der Waals surface area contributed by atoms with Crippen LogP contribution in [0.1, 0.15) is 0 Å². The third-order valence-corrected chi connectivity index (χ3v) is 4.51. The monoisotopic (exact) mass is 304 g/mol. The van der Waals surface area contributed by atoms with E-state index in [1.807, 2.05) is 0 Å². The quantitative estimate of drug-likeness (QED) is 0.768. The van der Waals surface area contributed by atoms with E-state index in [0.29, 0.717) is 6.04 Å². The summed E-state index contributed by atoms with van der Waals surface area (Å²) in [4.78, 5) is 4.81. The molecule has 88 valence electrons. The van der Waals surface area contributed by atoms with Gasteiger partial charge in [-0.3, -0.25) is 4.90 Å². The van der Waals surface area contributed by atoms with E-state index in [4.69, 9.17) is 4.74 Å². The van der Waals surface area contributed by atoms with Gasteiger partial charge >= 0.3 is 0 Å². The van der Waals surface area contributed by atoms with Crippen molar-refractivity contribution in [3.05, 3.63) is 3.92 Å². The minimum atomic E-state index is 0.519. The molecule has 2 fully saturated rings. The van der Waals surface area contributed by atoms with Crippen LogP contribution in [0.4, 0.5) is 5.13 Å². The number of rotatable bonds is 1. The predicted octanol–water partition coefficient (Wildman–Crippen LogP) is 0.821. The Morgan fingerprint density at radius 3 is 3.06 bits per heavy atom. The zero-order valence-electron chi connectivity index (χ0n) is 8.80. The van der Waals surface area contributed by atoms with Crippen molar-refractivity contribution in [3.8, 4) is 0 Å². The van der Waals surface area contributed by atoms with Crippen LogP contribution in [0.3, 0.4) is 0 Å². The molecule has 0 unspecified atom stereocenters. The number of anilines is 1. The van der Waals surface area contributed by atoms with E-state index in [1.165, 1.54) is 0 Å². The fourth-order valence-corrected chi connectivity index (χ4v) is 3.37. The Hall–Kier alpha value is -0.240. The van der Waals surface area contributed by atoms with Gasteiger partial charge in [0.05, 0.1) is 19.3 Å². The maximum Gasteiger partial charge on any atom is 0.209 e. The third kappa shape index (κ3) is 2.09. The van der Waals surface area contributed by atoms with Gasteiger partial charge in [0.15, 0.2) is 3.92 Å². The first-order valence-corrected chi connectivity index (χ1v) is 6.99. The second-order valence-electron chi connectivity index (χ2n) is 4.05. The molecule has 2 aliphatic heterocycles. The zero-order chi connectivity index (χ0) is 11.0. The number of nitrogens with zero attached hydrogens (tertiary/aromatic N) is 4. The summed E-state index contributed by atoms with van der Waals surface area (Å²) in [6, 6.07) is 0.519. The standard InChI is InChI=1S/C9H13BrN4OS/c10-8-11-12-9(16-8)14-2-1-13-3-4-15-6-7(13)5-14/h7H,1-6H2/t7-/m0/s1. The van der Waals surface area contributed by atoms with Crippen LogP contribution in [0.2, 0.25) is 0 Å². The lowest BCUT2D eigenvalue weighted by Gasteiger charge is -2.43. The lowest BCUT2D eigenvalue weighted by atomic mass is 10.1. The number of halogens is 1. The van der Waals surface area contributed by atoms with E-state index >= 15 is 0 Å². The Kier molecular flexibility index (Phi) is 3.10. The van der Waals surface area contributed by atoms with Crippen LogP contribution >= 0.6 is 27.3 Å². The number of hydrogen-bond acceptors (Lipinski definition) is 6. The lowest BCUT2D eigenvalue weighted by molar-refractivity contribution is -0.0117. The van der Waals surface area contributed by atoms with Crippen LogP contribution < -0.4 is 4.90 Å². The van der Waals surface area contributed by atoms with E-state index in [0.717, 1.165) is 48.4 Å². The molecule has 1 aromatic rings. The van der Waals surface area contributed by atoms with E-state index in [-0.39, 0.29) is 0 Å². The summed E-state index contributed by atoms with van der Waals surface area (Å²) in [6.07, 6.45) is 0. The molecule has 0 bridgehead atoms. The summed E-state index contributed by atoms with van der Waals surface area (Å²) in [7, 11) is 0. The van der Waals surface area contributed by atoms with Crippen LogP contribution in [0, 0.1) is 0 Å². The SMILES string of the molecule is Brc1nnc(N2CCN3CCOC[C@@H]3C2)s1. The molecule has 3 heterocycles. The van der Waals surface area contributed by atoms with Crippen LogP contribution in [-0.2, 0) is 4.74 Å². The van der Waals surface area contributed by atoms with Gasteiger partial charge < -0.3 is 9.64 Å². The molecule has 0 amide bonds. The van der Waals surface area contributed by atoms with Crippen molar-refractivity contribution < 1.29 is 4.74 Å². The van der Waals surface area contributed by atoms with E-state index < -0.39 is 0 Å². The predicted molar refractivity (Wildman–Crippen MR) is 66.0 cm³/mol. The number of hydrogen-bond donors (Lipinski definition) is 0. The highest BCUT2D eigenvalue weighted by Crippen LogP contribution is 2.26. The molecule has 5 nitrogen and oxygen atoms in total. The van der Waals surface area contributed by atoms with Gasteiger partial charge in [-0.2, -0.15) is 0 Å². The molecule has 0 aliphatic carbocycles. The van der Waals surface area contributed by atoms with Crippen LogP contribution in [0.5, 0.6) is 0 Å². The topological polar surface area (TPSA) is 41.5 Å². The first-order valence-electron chi connectivity index (χ1n) is 5.39. The largest absolute Gasteiger partial charge is 0.378 e. The van der Waals surface area contributed by atoms with E-state index in [9.17, 15) is 0 Å². The summed E-state index contributed by atoms with van der Waals surface area (Å²) >= 11 is 4.95. The van der Waals surface area contributed by atoms with Crippen molar-refractivity contribution in [2.45, 2.75) is 6.04 Å². The molecule has 0 radical (unpaired) electrons. The molecule has 16 heavy (non-hydrogen) atoms. The minimum Gasteiger partial charge on any atom is -0.378 e.